The highest BCUT2D eigenvalue weighted by molar-refractivity contribution is 5.76. The van der Waals surface area contributed by atoms with Crippen molar-refractivity contribution < 1.29 is 19.1 Å². The maximum absolute atomic E-state index is 11.7. The van der Waals surface area contributed by atoms with Crippen molar-refractivity contribution in [3.63, 3.8) is 0 Å². The lowest BCUT2D eigenvalue weighted by Gasteiger charge is -2.13. The summed E-state index contributed by atoms with van der Waals surface area (Å²) in [6.45, 7) is 2.39. The first-order valence-electron chi connectivity index (χ1n) is 10.6. The van der Waals surface area contributed by atoms with Crippen molar-refractivity contribution in [2.45, 2.75) is 25.7 Å². The zero-order valence-corrected chi connectivity index (χ0v) is 17.9. The van der Waals surface area contributed by atoms with Crippen LogP contribution in [0.5, 0.6) is 5.75 Å². The summed E-state index contributed by atoms with van der Waals surface area (Å²) < 4.78 is 11.7. The van der Waals surface area contributed by atoms with Gasteiger partial charge in [0.1, 0.15) is 11.5 Å². The van der Waals surface area contributed by atoms with Crippen LogP contribution in [-0.4, -0.2) is 22.7 Å². The van der Waals surface area contributed by atoms with Gasteiger partial charge in [-0.25, -0.2) is 4.98 Å². The number of rotatable bonds is 9. The zero-order valence-electron chi connectivity index (χ0n) is 17.9. The molecule has 162 valence electrons. The minimum atomic E-state index is -0.825. The number of nitrogens with zero attached hydrogens (tertiary/aromatic N) is 1. The first kappa shape index (κ1) is 21.4. The molecule has 1 heterocycles. The van der Waals surface area contributed by atoms with Crippen molar-refractivity contribution in [2.75, 3.05) is 6.61 Å². The Labute approximate surface area is 187 Å². The number of carboxylic acid groups (broad SMARTS) is 1. The van der Waals surface area contributed by atoms with Crippen molar-refractivity contribution in [1.29, 1.82) is 0 Å². The molecule has 0 fully saturated rings. The van der Waals surface area contributed by atoms with E-state index in [1.807, 2.05) is 91.9 Å². The number of carboxylic acids is 1. The highest BCUT2D eigenvalue weighted by atomic mass is 16.5. The molecule has 0 saturated heterocycles. The molecule has 3 aromatic carbocycles. The molecular weight excluding hydrogens is 402 g/mol. The molecule has 5 nitrogen and oxygen atoms in total. The highest BCUT2D eigenvalue weighted by Gasteiger charge is 2.20. The zero-order chi connectivity index (χ0) is 22.3. The van der Waals surface area contributed by atoms with Gasteiger partial charge in [0, 0.05) is 12.0 Å². The molecule has 1 N–H and O–H groups in total. The van der Waals surface area contributed by atoms with Gasteiger partial charge in [-0.1, -0.05) is 60.7 Å². The number of aryl methyl sites for hydroxylation is 1. The minimum Gasteiger partial charge on any atom is -0.493 e. The van der Waals surface area contributed by atoms with E-state index in [4.69, 9.17) is 9.15 Å². The Kier molecular flexibility index (Phi) is 6.66. The van der Waals surface area contributed by atoms with Crippen LogP contribution in [0.4, 0.5) is 0 Å². The van der Waals surface area contributed by atoms with E-state index in [1.165, 1.54) is 0 Å². The molecule has 4 aromatic rings. The number of hydrogen-bond donors (Lipinski definition) is 1. The van der Waals surface area contributed by atoms with E-state index in [-0.39, 0.29) is 0 Å². The van der Waals surface area contributed by atoms with Crippen LogP contribution in [0.1, 0.15) is 28.5 Å². The van der Waals surface area contributed by atoms with Crippen molar-refractivity contribution in [3.05, 3.63) is 108 Å². The largest absolute Gasteiger partial charge is 0.493 e. The van der Waals surface area contributed by atoms with E-state index in [0.717, 1.165) is 33.9 Å². The summed E-state index contributed by atoms with van der Waals surface area (Å²) in [5, 5.41) is 9.63. The Morgan fingerprint density at radius 3 is 2.28 bits per heavy atom. The predicted octanol–water partition coefficient (Wildman–Crippen LogP) is 5.68. The van der Waals surface area contributed by atoms with E-state index < -0.39 is 11.9 Å². The van der Waals surface area contributed by atoms with Gasteiger partial charge in [-0.2, -0.15) is 0 Å². The number of benzene rings is 3. The Morgan fingerprint density at radius 2 is 1.62 bits per heavy atom. The highest BCUT2D eigenvalue weighted by Crippen LogP contribution is 2.24. The molecular formula is C27H25NO4. The van der Waals surface area contributed by atoms with Crippen LogP contribution < -0.4 is 4.74 Å². The fourth-order valence-corrected chi connectivity index (χ4v) is 3.62. The van der Waals surface area contributed by atoms with Gasteiger partial charge < -0.3 is 14.3 Å². The quantitative estimate of drug-likeness (QED) is 0.372. The van der Waals surface area contributed by atoms with Crippen LogP contribution in [-0.2, 0) is 17.6 Å². The number of carbonyl (C=O) groups is 1. The van der Waals surface area contributed by atoms with E-state index in [9.17, 15) is 9.90 Å². The molecule has 0 amide bonds. The summed E-state index contributed by atoms with van der Waals surface area (Å²) >= 11 is 0. The Hall–Kier alpha value is -3.86. The molecule has 1 aromatic heterocycles. The number of aliphatic carboxylic acids is 1. The van der Waals surface area contributed by atoms with E-state index in [2.05, 4.69) is 4.98 Å². The number of aromatic nitrogens is 1. The number of hydrogen-bond acceptors (Lipinski definition) is 4. The molecule has 0 aliphatic carbocycles. The third kappa shape index (κ3) is 5.24. The Bertz CT molecular complexity index is 1150. The van der Waals surface area contributed by atoms with Gasteiger partial charge in [0.05, 0.1) is 18.2 Å². The summed E-state index contributed by atoms with van der Waals surface area (Å²) in [4.78, 5) is 16.3. The normalized spacial score (nSPS) is 11.8. The van der Waals surface area contributed by atoms with Gasteiger partial charge >= 0.3 is 5.97 Å². The second kappa shape index (κ2) is 9.96. The van der Waals surface area contributed by atoms with Gasteiger partial charge in [-0.3, -0.25) is 4.79 Å². The fourth-order valence-electron chi connectivity index (χ4n) is 3.62. The summed E-state index contributed by atoms with van der Waals surface area (Å²) in [6, 6.07) is 26.7. The smallest absolute Gasteiger partial charge is 0.311 e. The molecule has 4 rings (SSSR count). The molecule has 0 aliphatic rings. The average molecular weight is 428 g/mol. The topological polar surface area (TPSA) is 72.6 Å². The molecule has 1 atom stereocenters. The van der Waals surface area contributed by atoms with Crippen molar-refractivity contribution in [2.24, 2.45) is 0 Å². The van der Waals surface area contributed by atoms with Crippen molar-refractivity contribution in [1.82, 2.24) is 4.98 Å². The summed E-state index contributed by atoms with van der Waals surface area (Å²) in [5.41, 5.74) is 3.59. The van der Waals surface area contributed by atoms with Crippen LogP contribution in [0.2, 0.25) is 0 Å². The molecule has 0 radical (unpaired) electrons. The van der Waals surface area contributed by atoms with Gasteiger partial charge in [-0.05, 0) is 48.7 Å². The second-order valence-electron chi connectivity index (χ2n) is 7.64. The average Bonchev–Trinajstić information content (AvgIpc) is 3.20. The third-order valence-corrected chi connectivity index (χ3v) is 5.38. The van der Waals surface area contributed by atoms with Gasteiger partial charge in [0.15, 0.2) is 0 Å². The van der Waals surface area contributed by atoms with E-state index in [0.29, 0.717) is 25.3 Å². The Balaban J connectivity index is 1.34. The first-order chi connectivity index (χ1) is 15.6. The van der Waals surface area contributed by atoms with Gasteiger partial charge in [0.2, 0.25) is 5.89 Å². The first-order valence-corrected chi connectivity index (χ1v) is 10.6. The summed E-state index contributed by atoms with van der Waals surface area (Å²) in [7, 11) is 0. The summed E-state index contributed by atoms with van der Waals surface area (Å²) in [5.74, 6) is 0.758. The molecule has 0 spiro atoms. The lowest BCUT2D eigenvalue weighted by atomic mass is 9.92. The monoisotopic (exact) mass is 427 g/mol. The van der Waals surface area contributed by atoms with Crippen molar-refractivity contribution in [3.8, 4) is 17.2 Å². The van der Waals surface area contributed by atoms with E-state index in [1.54, 1.807) is 0 Å². The molecule has 0 bridgehead atoms. The van der Waals surface area contributed by atoms with Crippen molar-refractivity contribution >= 4 is 5.97 Å². The standard InChI is InChI=1S/C27H25NO4/c1-19-25(28-26(32-19)22-10-6-3-7-11-22)16-17-31-23-14-12-20(13-15-23)18-24(27(29)30)21-8-4-2-5-9-21/h2-15,24H,16-18H2,1H3,(H,29,30). The number of oxazole rings is 1. The van der Waals surface area contributed by atoms with Crippen LogP contribution in [0.3, 0.4) is 0 Å². The van der Waals surface area contributed by atoms with Gasteiger partial charge in [-0.15, -0.1) is 0 Å². The fraction of sp³-hybridized carbons (Fsp3) is 0.185. The third-order valence-electron chi connectivity index (χ3n) is 5.38. The van der Waals surface area contributed by atoms with Crippen LogP contribution >= 0.6 is 0 Å². The maximum Gasteiger partial charge on any atom is 0.311 e. The predicted molar refractivity (Wildman–Crippen MR) is 123 cm³/mol. The SMILES string of the molecule is Cc1oc(-c2ccccc2)nc1CCOc1ccc(CC(C(=O)O)c2ccccc2)cc1. The Morgan fingerprint density at radius 1 is 0.969 bits per heavy atom. The lowest BCUT2D eigenvalue weighted by molar-refractivity contribution is -0.138. The van der Waals surface area contributed by atoms with Crippen LogP contribution in [0.25, 0.3) is 11.5 Å². The summed E-state index contributed by atoms with van der Waals surface area (Å²) in [6.07, 6.45) is 1.07. The number of ether oxygens (including phenoxy) is 1. The molecule has 32 heavy (non-hydrogen) atoms. The van der Waals surface area contributed by atoms with Gasteiger partial charge in [0.25, 0.3) is 0 Å². The maximum atomic E-state index is 11.7. The minimum absolute atomic E-state index is 0.431. The van der Waals surface area contributed by atoms with Crippen LogP contribution in [0.15, 0.2) is 89.3 Å². The van der Waals surface area contributed by atoms with Crippen LogP contribution in [0, 0.1) is 6.92 Å². The molecule has 0 saturated carbocycles. The second-order valence-corrected chi connectivity index (χ2v) is 7.64. The van der Waals surface area contributed by atoms with E-state index >= 15 is 0 Å². The molecule has 5 heteroatoms. The lowest BCUT2D eigenvalue weighted by Crippen LogP contribution is -2.14. The molecule has 1 unspecified atom stereocenters. The molecule has 0 aliphatic heterocycles.